The van der Waals surface area contributed by atoms with Gasteiger partial charge in [-0.1, -0.05) is 18.2 Å². The molecule has 0 bridgehead atoms. The number of aromatic nitrogens is 1. The molecule has 6 heteroatoms. The highest BCUT2D eigenvalue weighted by Crippen LogP contribution is 2.44. The van der Waals surface area contributed by atoms with Gasteiger partial charge in [0.1, 0.15) is 18.3 Å². The molecule has 5 atom stereocenters. The fourth-order valence-corrected chi connectivity index (χ4v) is 4.64. The van der Waals surface area contributed by atoms with Crippen molar-refractivity contribution in [3.63, 3.8) is 0 Å². The molecule has 0 radical (unpaired) electrons. The summed E-state index contributed by atoms with van der Waals surface area (Å²) in [6, 6.07) is 10.3. The molecule has 5 rings (SSSR count). The molecule has 0 saturated carbocycles. The Bertz CT molecular complexity index is 911. The maximum absolute atomic E-state index is 6.37. The van der Waals surface area contributed by atoms with Gasteiger partial charge >= 0.3 is 0 Å². The molecule has 2 aromatic rings. The Labute approximate surface area is 165 Å². The monoisotopic (exact) mass is 385 g/mol. The zero-order chi connectivity index (χ0) is 19.7. The Kier molecular flexibility index (Phi) is 4.09. The summed E-state index contributed by atoms with van der Waals surface area (Å²) < 4.78 is 31.0. The van der Waals surface area contributed by atoms with Crippen LogP contribution in [-0.4, -0.2) is 47.3 Å². The van der Waals surface area contributed by atoms with E-state index in [1.165, 1.54) is 5.56 Å². The lowest BCUT2D eigenvalue weighted by atomic mass is 9.93. The van der Waals surface area contributed by atoms with E-state index in [0.717, 1.165) is 16.6 Å². The fraction of sp³-hybridized carbons (Fsp3) is 0.591. The van der Waals surface area contributed by atoms with Crippen molar-refractivity contribution in [1.29, 1.82) is 0 Å². The van der Waals surface area contributed by atoms with Crippen LogP contribution < -0.4 is 0 Å². The summed E-state index contributed by atoms with van der Waals surface area (Å²) in [7, 11) is 0. The van der Waals surface area contributed by atoms with Gasteiger partial charge in [-0.15, -0.1) is 0 Å². The lowest BCUT2D eigenvalue weighted by Crippen LogP contribution is -2.55. The highest BCUT2D eigenvalue weighted by Gasteiger charge is 2.60. The van der Waals surface area contributed by atoms with Crippen molar-refractivity contribution in [2.24, 2.45) is 0 Å². The predicted molar refractivity (Wildman–Crippen MR) is 103 cm³/mol. The van der Waals surface area contributed by atoms with Crippen LogP contribution in [0.25, 0.3) is 10.9 Å². The standard InChI is InChI=1S/C22H27NO5/c1-12-10-13(14-8-6-7-9-15(14)23-12)11-16-17-18(26-21(2,3)25-17)19-20(24-16)28-22(4,5)27-19/h6-10,16-20H,11H2,1-5H3/t16-,17+,18+,19-,20+/m1/s1. The second kappa shape index (κ2) is 6.21. The van der Waals surface area contributed by atoms with Gasteiger partial charge in [0.2, 0.25) is 0 Å². The molecule has 3 aliphatic rings. The number of fused-ring (bicyclic) bond motifs is 4. The van der Waals surface area contributed by atoms with Gasteiger partial charge in [-0.3, -0.25) is 4.98 Å². The second-order valence-corrected chi connectivity index (χ2v) is 8.85. The van der Waals surface area contributed by atoms with Gasteiger partial charge in [-0.2, -0.15) is 0 Å². The summed E-state index contributed by atoms with van der Waals surface area (Å²) in [5.41, 5.74) is 3.18. The molecule has 1 aromatic heterocycles. The van der Waals surface area contributed by atoms with E-state index in [2.05, 4.69) is 17.1 Å². The first-order valence-electron chi connectivity index (χ1n) is 9.93. The van der Waals surface area contributed by atoms with Crippen LogP contribution in [0.15, 0.2) is 30.3 Å². The first kappa shape index (κ1) is 18.5. The largest absolute Gasteiger partial charge is 0.343 e. The minimum Gasteiger partial charge on any atom is -0.343 e. The van der Waals surface area contributed by atoms with Crippen molar-refractivity contribution in [3.05, 3.63) is 41.6 Å². The molecule has 0 N–H and O–H groups in total. The Morgan fingerprint density at radius 2 is 1.57 bits per heavy atom. The Morgan fingerprint density at radius 1 is 0.893 bits per heavy atom. The number of rotatable bonds is 2. The number of pyridine rings is 1. The van der Waals surface area contributed by atoms with Crippen molar-refractivity contribution in [3.8, 4) is 0 Å². The zero-order valence-electron chi connectivity index (χ0n) is 17.0. The molecule has 4 heterocycles. The minimum atomic E-state index is -0.704. The number of benzene rings is 1. The van der Waals surface area contributed by atoms with Crippen LogP contribution in [0.1, 0.15) is 39.0 Å². The Balaban J connectivity index is 1.50. The number of hydrogen-bond donors (Lipinski definition) is 0. The van der Waals surface area contributed by atoms with Crippen LogP contribution in [0, 0.1) is 6.92 Å². The molecule has 3 saturated heterocycles. The first-order chi connectivity index (χ1) is 13.2. The van der Waals surface area contributed by atoms with Gasteiger partial charge in [0, 0.05) is 17.5 Å². The van der Waals surface area contributed by atoms with Crippen molar-refractivity contribution in [2.75, 3.05) is 0 Å². The summed E-state index contributed by atoms with van der Waals surface area (Å²) in [4.78, 5) is 4.65. The fourth-order valence-electron chi connectivity index (χ4n) is 4.64. The molecular weight excluding hydrogens is 358 g/mol. The van der Waals surface area contributed by atoms with E-state index in [1.54, 1.807) is 0 Å². The van der Waals surface area contributed by atoms with Crippen LogP contribution in [-0.2, 0) is 30.1 Å². The van der Waals surface area contributed by atoms with E-state index < -0.39 is 17.9 Å². The van der Waals surface area contributed by atoms with Gasteiger partial charge in [0.05, 0.1) is 11.6 Å². The van der Waals surface area contributed by atoms with Crippen molar-refractivity contribution < 1.29 is 23.7 Å². The third kappa shape index (κ3) is 3.13. The average molecular weight is 385 g/mol. The lowest BCUT2D eigenvalue weighted by Gasteiger charge is -2.37. The molecule has 150 valence electrons. The number of hydrogen-bond acceptors (Lipinski definition) is 6. The molecular formula is C22H27NO5. The smallest absolute Gasteiger partial charge is 0.190 e. The van der Waals surface area contributed by atoms with Crippen LogP contribution in [0.2, 0.25) is 0 Å². The van der Waals surface area contributed by atoms with Crippen molar-refractivity contribution >= 4 is 10.9 Å². The molecule has 3 aliphatic heterocycles. The highest BCUT2D eigenvalue weighted by atomic mass is 16.9. The molecule has 0 unspecified atom stereocenters. The summed E-state index contributed by atoms with van der Waals surface area (Å²) in [5.74, 6) is -1.39. The average Bonchev–Trinajstić information content (AvgIpc) is 3.09. The molecule has 1 aromatic carbocycles. The van der Waals surface area contributed by atoms with Gasteiger partial charge in [-0.05, 0) is 52.3 Å². The summed E-state index contributed by atoms with van der Waals surface area (Å²) in [6.45, 7) is 9.69. The molecule has 0 aliphatic carbocycles. The molecule has 0 spiro atoms. The minimum absolute atomic E-state index is 0.198. The Morgan fingerprint density at radius 3 is 2.39 bits per heavy atom. The molecule has 0 amide bonds. The van der Waals surface area contributed by atoms with E-state index in [4.69, 9.17) is 23.7 Å². The molecule has 28 heavy (non-hydrogen) atoms. The quantitative estimate of drug-likeness (QED) is 0.789. The topological polar surface area (TPSA) is 59.0 Å². The van der Waals surface area contributed by atoms with Gasteiger partial charge in [-0.25, -0.2) is 0 Å². The van der Waals surface area contributed by atoms with Crippen LogP contribution >= 0.6 is 0 Å². The van der Waals surface area contributed by atoms with Crippen LogP contribution in [0.4, 0.5) is 0 Å². The van der Waals surface area contributed by atoms with Gasteiger partial charge in [0.25, 0.3) is 0 Å². The number of aryl methyl sites for hydroxylation is 1. The van der Waals surface area contributed by atoms with E-state index in [1.807, 2.05) is 52.8 Å². The first-order valence-corrected chi connectivity index (χ1v) is 9.93. The second-order valence-electron chi connectivity index (χ2n) is 8.85. The van der Waals surface area contributed by atoms with Gasteiger partial charge < -0.3 is 23.7 Å². The third-order valence-corrected chi connectivity index (χ3v) is 5.60. The maximum atomic E-state index is 6.37. The number of para-hydroxylation sites is 1. The van der Waals surface area contributed by atoms with Crippen molar-refractivity contribution in [2.45, 2.75) is 83.3 Å². The van der Waals surface area contributed by atoms with E-state index >= 15 is 0 Å². The van der Waals surface area contributed by atoms with E-state index in [0.29, 0.717) is 6.42 Å². The summed E-state index contributed by atoms with van der Waals surface area (Å²) >= 11 is 0. The third-order valence-electron chi connectivity index (χ3n) is 5.60. The molecule has 3 fully saturated rings. The van der Waals surface area contributed by atoms with Crippen LogP contribution in [0.5, 0.6) is 0 Å². The lowest BCUT2D eigenvalue weighted by molar-refractivity contribution is -0.233. The maximum Gasteiger partial charge on any atom is 0.190 e. The van der Waals surface area contributed by atoms with Crippen LogP contribution in [0.3, 0.4) is 0 Å². The molecule has 6 nitrogen and oxygen atoms in total. The number of ether oxygens (including phenoxy) is 5. The normalized spacial score (nSPS) is 35.7. The predicted octanol–water partition coefficient (Wildman–Crippen LogP) is 3.48. The Hall–Kier alpha value is -1.57. The van der Waals surface area contributed by atoms with E-state index in [9.17, 15) is 0 Å². The summed E-state index contributed by atoms with van der Waals surface area (Å²) in [5, 5.41) is 1.14. The highest BCUT2D eigenvalue weighted by molar-refractivity contribution is 5.82. The van der Waals surface area contributed by atoms with E-state index in [-0.39, 0.29) is 24.4 Å². The zero-order valence-corrected chi connectivity index (χ0v) is 17.0. The SMILES string of the molecule is Cc1cc(C[C@H]2O[C@H]3OC(C)(C)O[C@@H]3[C@H]3OC(C)(C)O[C@H]32)c2ccccc2n1. The van der Waals surface area contributed by atoms with Gasteiger partial charge in [0.15, 0.2) is 17.9 Å². The number of nitrogens with zero attached hydrogens (tertiary/aromatic N) is 1. The van der Waals surface area contributed by atoms with Crippen molar-refractivity contribution in [1.82, 2.24) is 4.98 Å². The summed E-state index contributed by atoms with van der Waals surface area (Å²) in [6.07, 6.45) is -0.717.